The van der Waals surface area contributed by atoms with Crippen molar-refractivity contribution in [1.82, 2.24) is 9.97 Å². The predicted molar refractivity (Wildman–Crippen MR) is 124 cm³/mol. The van der Waals surface area contributed by atoms with Gasteiger partial charge in [-0.1, -0.05) is 17.4 Å². The van der Waals surface area contributed by atoms with Crippen LogP contribution in [0, 0.1) is 6.92 Å². The third kappa shape index (κ3) is 4.68. The lowest BCUT2D eigenvalue weighted by molar-refractivity contribution is 0.102. The number of ether oxygens (including phenoxy) is 1. The number of anilines is 3. The highest BCUT2D eigenvalue weighted by atomic mass is 32.2. The van der Waals surface area contributed by atoms with Crippen molar-refractivity contribution in [3.63, 3.8) is 0 Å². The van der Waals surface area contributed by atoms with Crippen LogP contribution in [0.25, 0.3) is 10.2 Å². The molecule has 11 heteroatoms. The molecule has 31 heavy (non-hydrogen) atoms. The molecule has 2 N–H and O–H groups in total. The number of benzene rings is 2. The second-order valence-corrected chi connectivity index (χ2v) is 10.6. The molecule has 0 atom stereocenters. The molecule has 2 heterocycles. The third-order valence-corrected chi connectivity index (χ3v) is 7.14. The number of fused-ring (bicyclic) bond motifs is 1. The average molecular weight is 475 g/mol. The number of nitrogens with one attached hydrogen (secondary N) is 2. The maximum Gasteiger partial charge on any atom is 0.276 e. The number of sulfone groups is 1. The average Bonchev–Trinajstić information content (AvgIpc) is 3.33. The van der Waals surface area contributed by atoms with E-state index in [1.807, 2.05) is 25.1 Å². The van der Waals surface area contributed by atoms with Crippen molar-refractivity contribution in [2.24, 2.45) is 0 Å². The fraction of sp³-hybridized carbons (Fsp3) is 0.150. The van der Waals surface area contributed by atoms with Crippen molar-refractivity contribution < 1.29 is 17.9 Å². The van der Waals surface area contributed by atoms with Crippen LogP contribution in [0.15, 0.2) is 46.7 Å². The molecule has 4 aromatic rings. The van der Waals surface area contributed by atoms with Crippen LogP contribution in [-0.4, -0.2) is 37.7 Å². The van der Waals surface area contributed by atoms with Crippen molar-refractivity contribution in [3.05, 3.63) is 53.0 Å². The smallest absolute Gasteiger partial charge is 0.276 e. The lowest BCUT2D eigenvalue weighted by atomic mass is 10.2. The molecule has 4 rings (SSSR count). The van der Waals surface area contributed by atoms with Gasteiger partial charge in [-0.15, -0.1) is 11.3 Å². The first-order chi connectivity index (χ1) is 14.7. The van der Waals surface area contributed by atoms with E-state index < -0.39 is 15.7 Å². The number of hydrogen-bond acceptors (Lipinski definition) is 9. The third-order valence-electron chi connectivity index (χ3n) is 4.34. The lowest BCUT2D eigenvalue weighted by Gasteiger charge is -2.09. The van der Waals surface area contributed by atoms with Crippen molar-refractivity contribution in [3.8, 4) is 5.75 Å². The van der Waals surface area contributed by atoms with E-state index in [4.69, 9.17) is 4.74 Å². The van der Waals surface area contributed by atoms with E-state index in [9.17, 15) is 13.2 Å². The second-order valence-electron chi connectivity index (χ2n) is 6.74. The minimum atomic E-state index is -3.31. The Labute approximate surface area is 186 Å². The van der Waals surface area contributed by atoms with Crippen LogP contribution in [0.4, 0.5) is 16.0 Å². The van der Waals surface area contributed by atoms with Gasteiger partial charge in [0.05, 0.1) is 27.9 Å². The number of carbonyl (C=O) groups is 1. The zero-order chi connectivity index (χ0) is 22.2. The minimum absolute atomic E-state index is 0.211. The summed E-state index contributed by atoms with van der Waals surface area (Å²) >= 11 is 2.50. The minimum Gasteiger partial charge on any atom is -0.495 e. The number of nitrogens with zero attached hydrogens (tertiary/aromatic N) is 2. The summed E-state index contributed by atoms with van der Waals surface area (Å²) in [4.78, 5) is 21.5. The SMILES string of the molecule is COc1ccc(C)cc1Nc1nc(C(=O)Nc2nc3ccc(S(C)(=O)=O)cc3s2)cs1. The standard InChI is InChI=1S/C20H18N4O4S3/c1-11-4-7-16(28-2)14(8-11)22-19-23-15(10-29-19)18(25)24-20-21-13-6-5-12(31(3,26)27)9-17(13)30-20/h4-10H,1-3H3,(H,22,23)(H,21,24,25). The van der Waals surface area contributed by atoms with Crippen molar-refractivity contribution in [2.75, 3.05) is 24.0 Å². The first-order valence-corrected chi connectivity index (χ1v) is 12.6. The summed E-state index contributed by atoms with van der Waals surface area (Å²) in [5.74, 6) is 0.276. The van der Waals surface area contributed by atoms with Crippen molar-refractivity contribution >= 4 is 64.6 Å². The predicted octanol–water partition coefficient (Wildman–Crippen LogP) is 4.47. The van der Waals surface area contributed by atoms with Crippen LogP contribution in [0.3, 0.4) is 0 Å². The molecule has 0 unspecified atom stereocenters. The Morgan fingerprint density at radius 1 is 1.10 bits per heavy atom. The van der Waals surface area contributed by atoms with Gasteiger partial charge in [0.1, 0.15) is 11.4 Å². The highest BCUT2D eigenvalue weighted by Gasteiger charge is 2.16. The van der Waals surface area contributed by atoms with Gasteiger partial charge in [-0.2, -0.15) is 0 Å². The first kappa shape index (κ1) is 21.2. The highest BCUT2D eigenvalue weighted by Crippen LogP contribution is 2.31. The fourth-order valence-corrected chi connectivity index (χ4v) is 5.15. The molecule has 0 radical (unpaired) electrons. The second kappa shape index (κ2) is 8.25. The number of hydrogen-bond donors (Lipinski definition) is 2. The Hall–Kier alpha value is -3.02. The molecule has 0 saturated heterocycles. The molecule has 0 saturated carbocycles. The van der Waals surface area contributed by atoms with Gasteiger partial charge in [-0.3, -0.25) is 10.1 Å². The Kier molecular flexibility index (Phi) is 5.65. The lowest BCUT2D eigenvalue weighted by Crippen LogP contribution is -2.12. The van der Waals surface area contributed by atoms with E-state index in [-0.39, 0.29) is 10.6 Å². The largest absolute Gasteiger partial charge is 0.495 e. The number of carbonyl (C=O) groups excluding carboxylic acids is 1. The van der Waals surface area contributed by atoms with Crippen LogP contribution in [0.1, 0.15) is 16.1 Å². The normalized spacial score (nSPS) is 11.5. The summed E-state index contributed by atoms with van der Waals surface area (Å²) in [5.41, 5.74) is 2.68. The van der Waals surface area contributed by atoms with E-state index in [1.165, 1.54) is 28.7 Å². The quantitative estimate of drug-likeness (QED) is 0.424. The molecule has 8 nitrogen and oxygen atoms in total. The first-order valence-electron chi connectivity index (χ1n) is 9.02. The summed E-state index contributed by atoms with van der Waals surface area (Å²) in [7, 11) is -1.72. The Balaban J connectivity index is 1.51. The Bertz CT molecular complexity index is 1390. The molecular weight excluding hydrogens is 456 g/mol. The molecule has 1 amide bonds. The van der Waals surface area contributed by atoms with Crippen LogP contribution in [0.5, 0.6) is 5.75 Å². The number of methoxy groups -OCH3 is 1. The molecule has 2 aromatic carbocycles. The van der Waals surface area contributed by atoms with E-state index >= 15 is 0 Å². The maximum absolute atomic E-state index is 12.6. The van der Waals surface area contributed by atoms with Crippen molar-refractivity contribution in [1.29, 1.82) is 0 Å². The van der Waals surface area contributed by atoms with Gasteiger partial charge in [0.2, 0.25) is 0 Å². The zero-order valence-corrected chi connectivity index (χ0v) is 19.2. The van der Waals surface area contributed by atoms with Gasteiger partial charge >= 0.3 is 0 Å². The van der Waals surface area contributed by atoms with Crippen LogP contribution >= 0.6 is 22.7 Å². The van der Waals surface area contributed by atoms with Crippen LogP contribution in [-0.2, 0) is 9.84 Å². The Morgan fingerprint density at radius 3 is 2.65 bits per heavy atom. The molecule has 0 fully saturated rings. The van der Waals surface area contributed by atoms with Gasteiger partial charge in [0.25, 0.3) is 5.91 Å². The number of aryl methyl sites for hydroxylation is 1. The summed E-state index contributed by atoms with van der Waals surface area (Å²) in [5, 5.41) is 8.47. The van der Waals surface area contributed by atoms with Gasteiger partial charge in [0.15, 0.2) is 20.1 Å². The summed E-state index contributed by atoms with van der Waals surface area (Å²) < 4.78 is 29.5. The van der Waals surface area contributed by atoms with E-state index in [1.54, 1.807) is 24.6 Å². The van der Waals surface area contributed by atoms with Crippen molar-refractivity contribution in [2.45, 2.75) is 11.8 Å². The Morgan fingerprint density at radius 2 is 1.90 bits per heavy atom. The molecular formula is C20H18N4O4S3. The number of amides is 1. The molecule has 2 aromatic heterocycles. The van der Waals surface area contributed by atoms with E-state index in [0.29, 0.717) is 26.2 Å². The molecule has 0 bridgehead atoms. The summed E-state index contributed by atoms with van der Waals surface area (Å²) in [6, 6.07) is 10.4. The number of thiazole rings is 2. The molecule has 0 aliphatic rings. The number of aromatic nitrogens is 2. The monoisotopic (exact) mass is 474 g/mol. The van der Waals surface area contributed by atoms with Gasteiger partial charge in [-0.05, 0) is 42.8 Å². The van der Waals surface area contributed by atoms with E-state index in [2.05, 4.69) is 20.6 Å². The van der Waals surface area contributed by atoms with Gasteiger partial charge in [0, 0.05) is 11.6 Å². The van der Waals surface area contributed by atoms with Crippen LogP contribution in [0.2, 0.25) is 0 Å². The van der Waals surface area contributed by atoms with E-state index in [0.717, 1.165) is 17.5 Å². The molecule has 0 aliphatic carbocycles. The van der Waals surface area contributed by atoms with Gasteiger partial charge in [-0.25, -0.2) is 18.4 Å². The molecule has 0 aliphatic heterocycles. The molecule has 160 valence electrons. The van der Waals surface area contributed by atoms with Gasteiger partial charge < -0.3 is 10.1 Å². The fourth-order valence-electron chi connectivity index (χ4n) is 2.82. The van der Waals surface area contributed by atoms with Crippen LogP contribution < -0.4 is 15.4 Å². The highest BCUT2D eigenvalue weighted by molar-refractivity contribution is 7.90. The summed E-state index contributed by atoms with van der Waals surface area (Å²) in [6.07, 6.45) is 1.15. The summed E-state index contributed by atoms with van der Waals surface area (Å²) in [6.45, 7) is 1.97. The number of rotatable bonds is 6. The topological polar surface area (TPSA) is 110 Å². The zero-order valence-electron chi connectivity index (χ0n) is 16.8. The maximum atomic E-state index is 12.6. The molecule has 0 spiro atoms.